The SMILES string of the molecule is CCC1=C(CC)C2=NC1=CC1=C(CC)C(CC)=C3C=C4N=C(C=C5C(CC)=C(CC)C(=C2)C5CC13)C(CC)=C4CC. The van der Waals surface area contributed by atoms with E-state index in [0.717, 1.165) is 57.8 Å². The molecule has 0 unspecified atom stereocenters. The fourth-order valence-electron chi connectivity index (χ4n) is 8.83. The summed E-state index contributed by atoms with van der Waals surface area (Å²) in [6.07, 6.45) is 19.6. The second-order valence-electron chi connectivity index (χ2n) is 12.2. The molecule has 0 amide bonds. The molecular formula is C39H48N2. The van der Waals surface area contributed by atoms with E-state index in [-0.39, 0.29) is 0 Å². The highest BCUT2D eigenvalue weighted by Crippen LogP contribution is 2.54. The van der Waals surface area contributed by atoms with Gasteiger partial charge in [0.2, 0.25) is 0 Å². The molecule has 0 saturated carbocycles. The van der Waals surface area contributed by atoms with Crippen molar-refractivity contribution in [3.05, 3.63) is 103 Å². The molecule has 0 N–H and O–H groups in total. The molecule has 41 heavy (non-hydrogen) atoms. The predicted octanol–water partition coefficient (Wildman–Crippen LogP) is 11.0. The first-order chi connectivity index (χ1) is 20.0. The Hall–Kier alpha value is -3.00. The molecule has 0 atom stereocenters. The van der Waals surface area contributed by atoms with E-state index in [9.17, 15) is 0 Å². The summed E-state index contributed by atoms with van der Waals surface area (Å²) in [4.78, 5) is 10.9. The van der Waals surface area contributed by atoms with Crippen LogP contribution in [0.5, 0.6) is 0 Å². The van der Waals surface area contributed by atoms with Crippen LogP contribution < -0.4 is 0 Å². The molecule has 4 heterocycles. The molecule has 6 rings (SSSR count). The van der Waals surface area contributed by atoms with Crippen molar-refractivity contribution in [3.63, 3.8) is 0 Å². The first-order valence-electron chi connectivity index (χ1n) is 16.7. The number of aliphatic imine (C=N–C) groups is 2. The molecule has 2 nitrogen and oxygen atoms in total. The smallest absolute Gasteiger partial charge is 0.0675 e. The van der Waals surface area contributed by atoms with Gasteiger partial charge in [0.1, 0.15) is 0 Å². The van der Waals surface area contributed by atoms with Gasteiger partial charge >= 0.3 is 0 Å². The number of nitrogens with zero attached hydrogens (tertiary/aromatic N) is 2. The third kappa shape index (κ3) is 4.11. The first kappa shape index (κ1) is 28.1. The van der Waals surface area contributed by atoms with E-state index >= 15 is 0 Å². The fourth-order valence-corrected chi connectivity index (χ4v) is 8.83. The predicted molar refractivity (Wildman–Crippen MR) is 176 cm³/mol. The normalized spacial score (nSPS) is 25.2. The van der Waals surface area contributed by atoms with Crippen molar-refractivity contribution >= 4 is 11.4 Å². The quantitative estimate of drug-likeness (QED) is 0.290. The zero-order valence-corrected chi connectivity index (χ0v) is 26.7. The maximum absolute atomic E-state index is 5.43. The van der Waals surface area contributed by atoms with E-state index in [2.05, 4.69) is 79.7 Å². The summed E-state index contributed by atoms with van der Waals surface area (Å²) in [5.41, 5.74) is 23.0. The van der Waals surface area contributed by atoms with E-state index in [1.807, 2.05) is 0 Å². The van der Waals surface area contributed by atoms with Gasteiger partial charge in [-0.15, -0.1) is 0 Å². The van der Waals surface area contributed by atoms with Crippen LogP contribution in [-0.4, -0.2) is 11.4 Å². The second-order valence-corrected chi connectivity index (χ2v) is 12.2. The number of hydrogen-bond acceptors (Lipinski definition) is 2. The Labute approximate surface area is 248 Å². The van der Waals surface area contributed by atoms with E-state index in [1.54, 1.807) is 22.3 Å². The van der Waals surface area contributed by atoms with Crippen molar-refractivity contribution in [2.45, 2.75) is 113 Å². The van der Waals surface area contributed by atoms with E-state index in [1.165, 1.54) is 67.4 Å². The standard InChI is InChI=1S/C39H48N2/c1-9-22-23(10-2)33-19-37-28(15-7)29(16-8)39(41-37)21-35-25(12-4)24(11-3)34-20-38-27(14-6)26(13-5)36(40-38)18-32(22)30(33)17-31(34)35/h18-21,30-31H,9-17H2,1-8H3. The van der Waals surface area contributed by atoms with Crippen molar-refractivity contribution in [2.24, 2.45) is 21.8 Å². The maximum Gasteiger partial charge on any atom is 0.0675 e. The third-order valence-electron chi connectivity index (χ3n) is 10.5. The summed E-state index contributed by atoms with van der Waals surface area (Å²) in [6, 6.07) is 0. The topological polar surface area (TPSA) is 24.7 Å². The molecule has 0 spiro atoms. The summed E-state index contributed by atoms with van der Waals surface area (Å²) in [5, 5.41) is 0. The van der Waals surface area contributed by atoms with Gasteiger partial charge in [-0.2, -0.15) is 0 Å². The lowest BCUT2D eigenvalue weighted by Gasteiger charge is -2.26. The molecule has 214 valence electrons. The largest absolute Gasteiger partial charge is 0.248 e. The monoisotopic (exact) mass is 544 g/mol. The van der Waals surface area contributed by atoms with E-state index in [4.69, 9.17) is 9.98 Å². The van der Waals surface area contributed by atoms with Crippen molar-refractivity contribution < 1.29 is 0 Å². The highest BCUT2D eigenvalue weighted by atomic mass is 14.8. The van der Waals surface area contributed by atoms with Crippen LogP contribution in [0.3, 0.4) is 0 Å². The summed E-state index contributed by atoms with van der Waals surface area (Å²) >= 11 is 0. The van der Waals surface area contributed by atoms with Crippen LogP contribution in [0.4, 0.5) is 0 Å². The Morgan fingerprint density at radius 3 is 1.15 bits per heavy atom. The average Bonchev–Trinajstić information content (AvgIpc) is 3.67. The van der Waals surface area contributed by atoms with Gasteiger partial charge in [-0.3, -0.25) is 0 Å². The molecule has 0 aromatic rings. The summed E-state index contributed by atoms with van der Waals surface area (Å²) in [6.45, 7) is 18.7. The van der Waals surface area contributed by atoms with Crippen LogP contribution in [0.2, 0.25) is 0 Å². The van der Waals surface area contributed by atoms with Gasteiger partial charge < -0.3 is 0 Å². The Balaban J connectivity index is 1.74. The Kier molecular flexibility index (Phi) is 7.55. The summed E-state index contributed by atoms with van der Waals surface area (Å²) in [7, 11) is 0. The van der Waals surface area contributed by atoms with Crippen LogP contribution in [0.25, 0.3) is 0 Å². The Bertz CT molecular complexity index is 1450. The molecule has 0 saturated heterocycles. The highest BCUT2D eigenvalue weighted by Gasteiger charge is 2.41. The zero-order valence-electron chi connectivity index (χ0n) is 26.7. The lowest BCUT2D eigenvalue weighted by molar-refractivity contribution is 0.571. The lowest BCUT2D eigenvalue weighted by Crippen LogP contribution is -2.15. The fraction of sp³-hybridized carbons (Fsp3) is 0.487. The van der Waals surface area contributed by atoms with Crippen molar-refractivity contribution in [3.8, 4) is 0 Å². The third-order valence-corrected chi connectivity index (χ3v) is 10.5. The summed E-state index contributed by atoms with van der Waals surface area (Å²) in [5.74, 6) is 0.735. The zero-order chi connectivity index (χ0) is 29.0. The van der Waals surface area contributed by atoms with Gasteiger partial charge in [0.05, 0.1) is 22.8 Å². The number of rotatable bonds is 8. The Morgan fingerprint density at radius 2 is 0.805 bits per heavy atom. The summed E-state index contributed by atoms with van der Waals surface area (Å²) < 4.78 is 0. The van der Waals surface area contributed by atoms with Crippen molar-refractivity contribution in [1.29, 1.82) is 0 Å². The lowest BCUT2D eigenvalue weighted by atomic mass is 9.78. The second kappa shape index (κ2) is 11.0. The molecule has 0 aromatic heterocycles. The van der Waals surface area contributed by atoms with Crippen LogP contribution >= 0.6 is 0 Å². The van der Waals surface area contributed by atoms with E-state index in [0.29, 0.717) is 11.8 Å². The average molecular weight is 545 g/mol. The molecule has 6 aliphatic rings. The van der Waals surface area contributed by atoms with Crippen LogP contribution in [0.15, 0.2) is 113 Å². The number of hydrogen-bond donors (Lipinski definition) is 0. The van der Waals surface area contributed by atoms with Gasteiger partial charge in [-0.25, -0.2) is 9.98 Å². The van der Waals surface area contributed by atoms with Crippen molar-refractivity contribution in [2.75, 3.05) is 0 Å². The van der Waals surface area contributed by atoms with Crippen LogP contribution in [0, 0.1) is 11.8 Å². The van der Waals surface area contributed by atoms with Gasteiger partial charge in [-0.1, -0.05) is 55.4 Å². The van der Waals surface area contributed by atoms with Crippen LogP contribution in [0.1, 0.15) is 113 Å². The number of allylic oxidation sites excluding steroid dienone is 16. The maximum atomic E-state index is 5.43. The van der Waals surface area contributed by atoms with Gasteiger partial charge in [-0.05, 0) is 149 Å². The minimum atomic E-state index is 0.368. The highest BCUT2D eigenvalue weighted by molar-refractivity contribution is 6.14. The van der Waals surface area contributed by atoms with Gasteiger partial charge in [0.25, 0.3) is 0 Å². The molecule has 2 heteroatoms. The molecule has 2 aliphatic carbocycles. The minimum Gasteiger partial charge on any atom is -0.248 e. The van der Waals surface area contributed by atoms with Crippen LogP contribution in [-0.2, 0) is 0 Å². The van der Waals surface area contributed by atoms with E-state index < -0.39 is 0 Å². The minimum absolute atomic E-state index is 0.368. The van der Waals surface area contributed by atoms with Crippen molar-refractivity contribution in [1.82, 2.24) is 0 Å². The van der Waals surface area contributed by atoms with Gasteiger partial charge in [0.15, 0.2) is 0 Å². The number of fused-ring (bicyclic) bond motifs is 2. The Morgan fingerprint density at radius 1 is 0.439 bits per heavy atom. The molecular weight excluding hydrogens is 496 g/mol. The molecule has 6 bridgehead atoms. The molecule has 4 aliphatic heterocycles. The molecule has 0 radical (unpaired) electrons. The van der Waals surface area contributed by atoms with Gasteiger partial charge in [0, 0.05) is 11.8 Å². The molecule has 0 fully saturated rings. The molecule has 0 aromatic carbocycles. The first-order valence-corrected chi connectivity index (χ1v) is 16.7.